The largest absolute Gasteiger partial charge is 0.207 e. The van der Waals surface area contributed by atoms with Crippen LogP contribution in [-0.2, 0) is 12.8 Å². The smallest absolute Gasteiger partial charge is 0.162 e. The lowest BCUT2D eigenvalue weighted by Gasteiger charge is -2.23. The van der Waals surface area contributed by atoms with Crippen LogP contribution in [0.15, 0.2) is 54.6 Å². The van der Waals surface area contributed by atoms with Crippen LogP contribution in [0.5, 0.6) is 0 Å². The van der Waals surface area contributed by atoms with E-state index >= 15 is 0 Å². The van der Waals surface area contributed by atoms with E-state index in [-0.39, 0.29) is 11.7 Å². The fourth-order valence-corrected chi connectivity index (χ4v) is 4.44. The van der Waals surface area contributed by atoms with Gasteiger partial charge in [-0.25, -0.2) is 13.2 Å². The van der Waals surface area contributed by atoms with Gasteiger partial charge in [-0.3, -0.25) is 0 Å². The molecule has 30 heavy (non-hydrogen) atoms. The summed E-state index contributed by atoms with van der Waals surface area (Å²) in [6.45, 7) is 1.74. The summed E-state index contributed by atoms with van der Waals surface area (Å²) in [4.78, 5) is 0. The molecule has 3 heteroatoms. The molecule has 4 rings (SSSR count). The molecule has 0 amide bonds. The Hall–Kier alpha value is -2.55. The molecular weight excluding hydrogens is 381 g/mol. The van der Waals surface area contributed by atoms with Crippen LogP contribution in [0.4, 0.5) is 13.2 Å². The summed E-state index contributed by atoms with van der Waals surface area (Å²) in [5.41, 5.74) is 4.41. The van der Waals surface area contributed by atoms with E-state index in [4.69, 9.17) is 0 Å². The van der Waals surface area contributed by atoms with Crippen molar-refractivity contribution in [1.29, 1.82) is 0 Å². The SMILES string of the molecule is Cc1ccc(-c2ccc(CCc3ccc(C4CCCCC4)c(F)c3F)cc2)cc1F. The summed E-state index contributed by atoms with van der Waals surface area (Å²) in [5, 5.41) is 0. The van der Waals surface area contributed by atoms with Crippen LogP contribution in [0, 0.1) is 24.4 Å². The number of rotatable bonds is 5. The summed E-state index contributed by atoms with van der Waals surface area (Å²) in [6.07, 6.45) is 6.36. The van der Waals surface area contributed by atoms with E-state index in [1.807, 2.05) is 30.3 Å². The second-order valence-electron chi connectivity index (χ2n) is 8.44. The molecule has 0 aromatic heterocycles. The van der Waals surface area contributed by atoms with Gasteiger partial charge in [0.15, 0.2) is 11.6 Å². The average molecular weight is 409 g/mol. The highest BCUT2D eigenvalue weighted by Gasteiger charge is 2.22. The molecule has 1 aliphatic rings. The van der Waals surface area contributed by atoms with Crippen LogP contribution in [0.3, 0.4) is 0 Å². The van der Waals surface area contributed by atoms with Gasteiger partial charge in [0.1, 0.15) is 5.82 Å². The highest BCUT2D eigenvalue weighted by atomic mass is 19.2. The Morgan fingerprint density at radius 2 is 1.43 bits per heavy atom. The fraction of sp³-hybridized carbons (Fsp3) is 0.333. The van der Waals surface area contributed by atoms with E-state index in [1.165, 1.54) is 12.5 Å². The van der Waals surface area contributed by atoms with Crippen molar-refractivity contribution in [3.05, 3.63) is 94.3 Å². The van der Waals surface area contributed by atoms with Gasteiger partial charge in [-0.2, -0.15) is 0 Å². The maximum absolute atomic E-state index is 14.7. The standard InChI is InChI=1S/C27H27F3/c1-18-7-11-23(17-25(18)28)20-12-8-19(9-13-20)10-14-22-15-16-24(27(30)26(22)29)21-5-3-2-4-6-21/h7-9,11-13,15-17,21H,2-6,10,14H2,1H3. The molecule has 0 bridgehead atoms. The molecule has 1 fully saturated rings. The van der Waals surface area contributed by atoms with E-state index in [9.17, 15) is 13.2 Å². The Balaban J connectivity index is 1.44. The molecule has 0 spiro atoms. The van der Waals surface area contributed by atoms with Crippen molar-refractivity contribution in [1.82, 2.24) is 0 Å². The second kappa shape index (κ2) is 9.07. The van der Waals surface area contributed by atoms with Crippen molar-refractivity contribution in [3.63, 3.8) is 0 Å². The van der Waals surface area contributed by atoms with Crippen molar-refractivity contribution >= 4 is 0 Å². The Bertz CT molecular complexity index is 1020. The molecule has 0 heterocycles. The van der Waals surface area contributed by atoms with Gasteiger partial charge < -0.3 is 0 Å². The molecule has 1 saturated carbocycles. The molecule has 156 valence electrons. The normalized spacial score (nSPS) is 14.8. The Morgan fingerprint density at radius 1 is 0.733 bits per heavy atom. The highest BCUT2D eigenvalue weighted by Crippen LogP contribution is 2.35. The topological polar surface area (TPSA) is 0 Å². The summed E-state index contributed by atoms with van der Waals surface area (Å²) < 4.78 is 43.1. The lowest BCUT2D eigenvalue weighted by Crippen LogP contribution is -2.09. The van der Waals surface area contributed by atoms with Crippen molar-refractivity contribution in [2.24, 2.45) is 0 Å². The molecule has 3 aromatic rings. The first kappa shape index (κ1) is 20.7. The third-order valence-electron chi connectivity index (χ3n) is 6.38. The van der Waals surface area contributed by atoms with E-state index in [0.29, 0.717) is 29.5 Å². The lowest BCUT2D eigenvalue weighted by atomic mass is 9.83. The molecule has 0 atom stereocenters. The zero-order chi connectivity index (χ0) is 21.1. The van der Waals surface area contributed by atoms with Gasteiger partial charge in [0.25, 0.3) is 0 Å². The van der Waals surface area contributed by atoms with Crippen molar-refractivity contribution in [2.45, 2.75) is 57.8 Å². The first-order chi connectivity index (χ1) is 14.5. The minimum absolute atomic E-state index is 0.154. The number of benzene rings is 3. The van der Waals surface area contributed by atoms with Gasteiger partial charge in [0.2, 0.25) is 0 Å². The van der Waals surface area contributed by atoms with Crippen LogP contribution in [0.25, 0.3) is 11.1 Å². The van der Waals surface area contributed by atoms with Crippen LogP contribution in [-0.4, -0.2) is 0 Å². The van der Waals surface area contributed by atoms with E-state index in [0.717, 1.165) is 42.4 Å². The average Bonchev–Trinajstić information content (AvgIpc) is 2.78. The third-order valence-corrected chi connectivity index (χ3v) is 6.38. The predicted octanol–water partition coefficient (Wildman–Crippen LogP) is 7.91. The quantitative estimate of drug-likeness (QED) is 0.402. The summed E-state index contributed by atoms with van der Waals surface area (Å²) in [7, 11) is 0. The lowest BCUT2D eigenvalue weighted by molar-refractivity contribution is 0.415. The van der Waals surface area contributed by atoms with Crippen LogP contribution in [0.2, 0.25) is 0 Å². The maximum atomic E-state index is 14.7. The van der Waals surface area contributed by atoms with E-state index in [1.54, 1.807) is 25.1 Å². The van der Waals surface area contributed by atoms with Crippen molar-refractivity contribution in [2.75, 3.05) is 0 Å². The van der Waals surface area contributed by atoms with Gasteiger partial charge in [-0.1, -0.05) is 67.8 Å². The highest BCUT2D eigenvalue weighted by molar-refractivity contribution is 5.64. The fourth-order valence-electron chi connectivity index (χ4n) is 4.44. The van der Waals surface area contributed by atoms with Crippen LogP contribution in [0.1, 0.15) is 60.3 Å². The second-order valence-corrected chi connectivity index (χ2v) is 8.44. The van der Waals surface area contributed by atoms with E-state index in [2.05, 4.69) is 0 Å². The number of hydrogen-bond donors (Lipinski definition) is 0. The molecule has 0 saturated heterocycles. The van der Waals surface area contributed by atoms with E-state index < -0.39 is 11.6 Å². The van der Waals surface area contributed by atoms with Crippen LogP contribution >= 0.6 is 0 Å². The molecule has 0 radical (unpaired) electrons. The minimum atomic E-state index is -0.690. The first-order valence-electron chi connectivity index (χ1n) is 10.8. The zero-order valence-corrected chi connectivity index (χ0v) is 17.4. The predicted molar refractivity (Wildman–Crippen MR) is 116 cm³/mol. The van der Waals surface area contributed by atoms with Crippen LogP contribution < -0.4 is 0 Å². The van der Waals surface area contributed by atoms with Crippen molar-refractivity contribution < 1.29 is 13.2 Å². The molecule has 0 nitrogen and oxygen atoms in total. The summed E-state index contributed by atoms with van der Waals surface area (Å²) >= 11 is 0. The molecule has 0 aliphatic heterocycles. The molecule has 1 aliphatic carbocycles. The number of aryl methyl sites for hydroxylation is 3. The Labute approximate surface area is 176 Å². The summed E-state index contributed by atoms with van der Waals surface area (Å²) in [6, 6.07) is 16.6. The third kappa shape index (κ3) is 4.45. The van der Waals surface area contributed by atoms with Gasteiger partial charge in [0, 0.05) is 0 Å². The molecular formula is C27H27F3. The monoisotopic (exact) mass is 408 g/mol. The Kier molecular flexibility index (Phi) is 6.26. The molecule has 0 N–H and O–H groups in total. The number of hydrogen-bond acceptors (Lipinski definition) is 0. The van der Waals surface area contributed by atoms with Gasteiger partial charge in [-0.05, 0) is 78.0 Å². The minimum Gasteiger partial charge on any atom is -0.207 e. The van der Waals surface area contributed by atoms with Crippen molar-refractivity contribution in [3.8, 4) is 11.1 Å². The molecule has 3 aromatic carbocycles. The van der Waals surface area contributed by atoms with Gasteiger partial charge >= 0.3 is 0 Å². The molecule has 0 unspecified atom stereocenters. The Morgan fingerprint density at radius 3 is 2.13 bits per heavy atom. The van der Waals surface area contributed by atoms with Gasteiger partial charge in [-0.15, -0.1) is 0 Å². The first-order valence-corrected chi connectivity index (χ1v) is 10.8. The van der Waals surface area contributed by atoms with Gasteiger partial charge in [0.05, 0.1) is 0 Å². The zero-order valence-electron chi connectivity index (χ0n) is 17.4. The maximum Gasteiger partial charge on any atom is 0.162 e. The summed E-state index contributed by atoms with van der Waals surface area (Å²) in [5.74, 6) is -1.41. The number of halogens is 3.